The lowest BCUT2D eigenvalue weighted by molar-refractivity contribution is -0.129. The van der Waals surface area contributed by atoms with Gasteiger partial charge in [0.2, 0.25) is 5.91 Å². The smallest absolute Gasteiger partial charge is 0.337 e. The SMILES string of the molecule is CCOc1ccc(CC(=O)N(C)Cc2ccc(C(=O)OC)cc2)cc1. The fraction of sp³-hybridized carbons (Fsp3) is 0.300. The van der Waals surface area contributed by atoms with Crippen molar-refractivity contribution in [3.05, 3.63) is 65.2 Å². The Labute approximate surface area is 148 Å². The highest BCUT2D eigenvalue weighted by atomic mass is 16.5. The molecule has 5 heteroatoms. The molecule has 0 N–H and O–H groups in total. The summed E-state index contributed by atoms with van der Waals surface area (Å²) in [5.41, 5.74) is 2.39. The molecule has 0 aromatic heterocycles. The average molecular weight is 341 g/mol. The normalized spacial score (nSPS) is 10.2. The first-order valence-corrected chi connectivity index (χ1v) is 8.16. The number of carbonyl (C=O) groups excluding carboxylic acids is 2. The Hall–Kier alpha value is -2.82. The number of hydrogen-bond donors (Lipinski definition) is 0. The lowest BCUT2D eigenvalue weighted by atomic mass is 10.1. The first-order valence-electron chi connectivity index (χ1n) is 8.16. The first-order chi connectivity index (χ1) is 12.0. The van der Waals surface area contributed by atoms with Crippen molar-refractivity contribution in [2.75, 3.05) is 20.8 Å². The lowest BCUT2D eigenvalue weighted by Gasteiger charge is -2.17. The van der Waals surface area contributed by atoms with Gasteiger partial charge in [0.25, 0.3) is 0 Å². The third kappa shape index (κ3) is 5.35. The van der Waals surface area contributed by atoms with Gasteiger partial charge in [-0.05, 0) is 42.3 Å². The van der Waals surface area contributed by atoms with Crippen LogP contribution in [0.1, 0.15) is 28.4 Å². The van der Waals surface area contributed by atoms with Crippen molar-refractivity contribution < 1.29 is 19.1 Å². The highest BCUT2D eigenvalue weighted by Crippen LogP contribution is 2.14. The molecule has 0 aliphatic carbocycles. The topological polar surface area (TPSA) is 55.8 Å². The van der Waals surface area contributed by atoms with Gasteiger partial charge in [-0.1, -0.05) is 24.3 Å². The third-order valence-corrected chi connectivity index (χ3v) is 3.81. The van der Waals surface area contributed by atoms with Crippen molar-refractivity contribution >= 4 is 11.9 Å². The molecule has 0 unspecified atom stereocenters. The van der Waals surface area contributed by atoms with E-state index in [1.54, 1.807) is 24.1 Å². The Morgan fingerprint density at radius 3 is 2.12 bits per heavy atom. The summed E-state index contributed by atoms with van der Waals surface area (Å²) in [7, 11) is 3.12. The number of methoxy groups -OCH3 is 1. The highest BCUT2D eigenvalue weighted by molar-refractivity contribution is 5.89. The standard InChI is InChI=1S/C20H23NO4/c1-4-25-18-11-7-15(8-12-18)13-19(22)21(2)14-16-5-9-17(10-6-16)20(23)24-3/h5-12H,4,13-14H2,1-3H3. The number of amides is 1. The summed E-state index contributed by atoms with van der Waals surface area (Å²) in [6.45, 7) is 3.04. The van der Waals surface area contributed by atoms with Gasteiger partial charge in [0.15, 0.2) is 0 Å². The number of likely N-dealkylation sites (N-methyl/N-ethyl adjacent to an activating group) is 1. The van der Waals surface area contributed by atoms with Gasteiger partial charge in [0, 0.05) is 13.6 Å². The van der Waals surface area contributed by atoms with Gasteiger partial charge in [-0.2, -0.15) is 0 Å². The zero-order valence-corrected chi connectivity index (χ0v) is 14.8. The van der Waals surface area contributed by atoms with Crippen molar-refractivity contribution in [1.82, 2.24) is 4.90 Å². The maximum absolute atomic E-state index is 12.4. The summed E-state index contributed by atoms with van der Waals surface area (Å²) in [6, 6.07) is 14.6. The monoisotopic (exact) mass is 341 g/mol. The lowest BCUT2D eigenvalue weighted by Crippen LogP contribution is -2.27. The van der Waals surface area contributed by atoms with Gasteiger partial charge >= 0.3 is 5.97 Å². The largest absolute Gasteiger partial charge is 0.494 e. The molecule has 0 fully saturated rings. The van der Waals surface area contributed by atoms with Crippen LogP contribution < -0.4 is 4.74 Å². The minimum atomic E-state index is -0.369. The number of nitrogens with zero attached hydrogens (tertiary/aromatic N) is 1. The molecule has 5 nitrogen and oxygen atoms in total. The summed E-state index contributed by atoms with van der Waals surface area (Å²) in [5.74, 6) is 0.463. The molecule has 2 aromatic carbocycles. The summed E-state index contributed by atoms with van der Waals surface area (Å²) in [6.07, 6.45) is 0.336. The zero-order chi connectivity index (χ0) is 18.2. The molecule has 0 radical (unpaired) electrons. The predicted octanol–water partition coefficient (Wildman–Crippen LogP) is 3.07. The van der Waals surface area contributed by atoms with E-state index in [0.717, 1.165) is 16.9 Å². The van der Waals surface area contributed by atoms with E-state index in [9.17, 15) is 9.59 Å². The molecule has 1 amide bonds. The average Bonchev–Trinajstić information content (AvgIpc) is 2.63. The van der Waals surface area contributed by atoms with Gasteiger partial charge in [-0.25, -0.2) is 4.79 Å². The molecule has 25 heavy (non-hydrogen) atoms. The molecule has 0 bridgehead atoms. The maximum atomic E-state index is 12.4. The number of ether oxygens (including phenoxy) is 2. The van der Waals surface area contributed by atoms with Crippen molar-refractivity contribution in [2.24, 2.45) is 0 Å². The molecular weight excluding hydrogens is 318 g/mol. The van der Waals surface area contributed by atoms with Gasteiger partial charge < -0.3 is 14.4 Å². The molecule has 0 saturated heterocycles. The zero-order valence-electron chi connectivity index (χ0n) is 14.8. The van der Waals surface area contributed by atoms with Crippen LogP contribution in [0.25, 0.3) is 0 Å². The molecule has 2 aromatic rings. The fourth-order valence-corrected chi connectivity index (χ4v) is 2.41. The third-order valence-electron chi connectivity index (χ3n) is 3.81. The van der Waals surface area contributed by atoms with Gasteiger partial charge in [0.05, 0.1) is 25.7 Å². The quantitative estimate of drug-likeness (QED) is 0.726. The Kier molecular flexibility index (Phi) is 6.57. The molecule has 0 aliphatic heterocycles. The molecule has 0 atom stereocenters. The van der Waals surface area contributed by atoms with Crippen LogP contribution in [0.3, 0.4) is 0 Å². The van der Waals surface area contributed by atoms with E-state index in [-0.39, 0.29) is 11.9 Å². The van der Waals surface area contributed by atoms with E-state index in [1.807, 2.05) is 43.3 Å². The van der Waals surface area contributed by atoms with Gasteiger partial charge in [-0.3, -0.25) is 4.79 Å². The summed E-state index contributed by atoms with van der Waals surface area (Å²) >= 11 is 0. The second-order valence-electron chi connectivity index (χ2n) is 5.69. The number of rotatable bonds is 7. The summed E-state index contributed by atoms with van der Waals surface area (Å²) < 4.78 is 10.1. The number of hydrogen-bond acceptors (Lipinski definition) is 4. The minimum Gasteiger partial charge on any atom is -0.494 e. The van der Waals surface area contributed by atoms with Crippen LogP contribution in [0, 0.1) is 0 Å². The van der Waals surface area contributed by atoms with Crippen molar-refractivity contribution in [3.63, 3.8) is 0 Å². The molecule has 0 heterocycles. The Balaban J connectivity index is 1.92. The molecule has 0 aliphatic rings. The summed E-state index contributed by atoms with van der Waals surface area (Å²) in [4.78, 5) is 25.5. The fourth-order valence-electron chi connectivity index (χ4n) is 2.41. The van der Waals surface area contributed by atoms with Gasteiger partial charge in [-0.15, -0.1) is 0 Å². The Morgan fingerprint density at radius 2 is 1.56 bits per heavy atom. The molecular formula is C20H23NO4. The van der Waals surface area contributed by atoms with Crippen LogP contribution in [0.5, 0.6) is 5.75 Å². The Morgan fingerprint density at radius 1 is 0.960 bits per heavy atom. The predicted molar refractivity (Wildman–Crippen MR) is 95.6 cm³/mol. The maximum Gasteiger partial charge on any atom is 0.337 e. The van der Waals surface area contributed by atoms with E-state index in [2.05, 4.69) is 4.74 Å². The molecule has 2 rings (SSSR count). The van der Waals surface area contributed by atoms with Crippen molar-refractivity contribution in [3.8, 4) is 5.75 Å². The molecule has 132 valence electrons. The Bertz CT molecular complexity index is 707. The van der Waals surface area contributed by atoms with Gasteiger partial charge in [0.1, 0.15) is 5.75 Å². The van der Waals surface area contributed by atoms with Crippen molar-refractivity contribution in [2.45, 2.75) is 19.9 Å². The molecule has 0 spiro atoms. The highest BCUT2D eigenvalue weighted by Gasteiger charge is 2.11. The second-order valence-corrected chi connectivity index (χ2v) is 5.69. The van der Waals surface area contributed by atoms with Crippen LogP contribution in [-0.2, 0) is 22.5 Å². The van der Waals surface area contributed by atoms with Crippen LogP contribution in [-0.4, -0.2) is 37.5 Å². The van der Waals surface area contributed by atoms with E-state index in [1.165, 1.54) is 7.11 Å². The van der Waals surface area contributed by atoms with Crippen LogP contribution in [0.2, 0.25) is 0 Å². The minimum absolute atomic E-state index is 0.0289. The number of carbonyl (C=O) groups is 2. The van der Waals surface area contributed by atoms with Crippen LogP contribution >= 0.6 is 0 Å². The number of esters is 1. The van der Waals surface area contributed by atoms with E-state index in [0.29, 0.717) is 25.1 Å². The number of benzene rings is 2. The second kappa shape index (κ2) is 8.87. The van der Waals surface area contributed by atoms with E-state index in [4.69, 9.17) is 4.74 Å². The van der Waals surface area contributed by atoms with Crippen molar-refractivity contribution in [1.29, 1.82) is 0 Å². The molecule has 0 saturated carbocycles. The first kappa shape index (κ1) is 18.5. The van der Waals surface area contributed by atoms with E-state index < -0.39 is 0 Å². The van der Waals surface area contributed by atoms with Crippen LogP contribution in [0.15, 0.2) is 48.5 Å². The van der Waals surface area contributed by atoms with E-state index >= 15 is 0 Å². The van der Waals surface area contributed by atoms with Crippen LogP contribution in [0.4, 0.5) is 0 Å². The summed E-state index contributed by atoms with van der Waals surface area (Å²) in [5, 5.41) is 0.